The van der Waals surface area contributed by atoms with Gasteiger partial charge in [-0.25, -0.2) is 4.98 Å². The lowest BCUT2D eigenvalue weighted by Crippen LogP contribution is -2.06. The lowest BCUT2D eigenvalue weighted by Gasteiger charge is -2.14. The summed E-state index contributed by atoms with van der Waals surface area (Å²) in [6.45, 7) is 1.94. The zero-order valence-corrected chi connectivity index (χ0v) is 11.2. The first kappa shape index (κ1) is 12.9. The Balaban J connectivity index is 2.21. The fourth-order valence-corrected chi connectivity index (χ4v) is 2.61. The Bertz CT molecular complexity index is 540. The number of methoxy groups -OCH3 is 1. The number of hydrogen-bond acceptors (Lipinski definition) is 5. The topological polar surface area (TPSA) is 68.4 Å². The number of aliphatic hydroxyl groups is 1. The van der Waals surface area contributed by atoms with Crippen LogP contribution in [0.15, 0.2) is 23.6 Å². The molecule has 0 aliphatic carbocycles. The van der Waals surface area contributed by atoms with Crippen molar-refractivity contribution < 1.29 is 9.84 Å². The summed E-state index contributed by atoms with van der Waals surface area (Å²) < 4.78 is 5.14. The second-order valence-electron chi connectivity index (χ2n) is 4.07. The van der Waals surface area contributed by atoms with Gasteiger partial charge >= 0.3 is 0 Å². The van der Waals surface area contributed by atoms with Gasteiger partial charge in [0.1, 0.15) is 5.75 Å². The predicted molar refractivity (Wildman–Crippen MR) is 72.9 cm³/mol. The predicted octanol–water partition coefficient (Wildman–Crippen LogP) is 2.32. The summed E-state index contributed by atoms with van der Waals surface area (Å²) in [4.78, 5) is 4.33. The van der Waals surface area contributed by atoms with Gasteiger partial charge in [0.25, 0.3) is 0 Å². The van der Waals surface area contributed by atoms with Crippen LogP contribution in [0, 0.1) is 6.92 Å². The number of aryl methyl sites for hydroxylation is 1. The lowest BCUT2D eigenvalue weighted by molar-refractivity contribution is 0.178. The number of para-hydroxylation sites is 1. The monoisotopic (exact) mass is 264 g/mol. The van der Waals surface area contributed by atoms with Crippen molar-refractivity contribution >= 4 is 17.0 Å². The molecule has 1 atom stereocenters. The third-order valence-corrected chi connectivity index (χ3v) is 3.70. The van der Waals surface area contributed by atoms with Crippen LogP contribution in [0.1, 0.15) is 22.4 Å². The molecule has 1 aromatic heterocycles. The molecule has 1 heterocycles. The first-order valence-electron chi connectivity index (χ1n) is 5.63. The molecule has 0 fully saturated rings. The first-order chi connectivity index (χ1) is 8.61. The van der Waals surface area contributed by atoms with E-state index in [1.165, 1.54) is 0 Å². The summed E-state index contributed by atoms with van der Waals surface area (Å²) in [5.74, 6) is 0.585. The van der Waals surface area contributed by atoms with Crippen LogP contribution in [0.3, 0.4) is 0 Å². The summed E-state index contributed by atoms with van der Waals surface area (Å²) >= 11 is 1.55. The maximum atomic E-state index is 10.2. The van der Waals surface area contributed by atoms with Crippen LogP contribution in [0.4, 0.5) is 5.69 Å². The van der Waals surface area contributed by atoms with Crippen molar-refractivity contribution in [2.75, 3.05) is 12.8 Å². The van der Waals surface area contributed by atoms with Crippen molar-refractivity contribution in [3.63, 3.8) is 0 Å². The van der Waals surface area contributed by atoms with E-state index >= 15 is 0 Å². The van der Waals surface area contributed by atoms with Crippen molar-refractivity contribution in [1.82, 2.24) is 4.98 Å². The molecule has 0 saturated heterocycles. The highest BCUT2D eigenvalue weighted by Gasteiger charge is 2.15. The molecule has 96 valence electrons. The van der Waals surface area contributed by atoms with Crippen molar-refractivity contribution in [2.45, 2.75) is 19.4 Å². The second kappa shape index (κ2) is 5.37. The minimum atomic E-state index is -0.661. The molecule has 5 heteroatoms. The number of ether oxygens (including phenoxy) is 1. The van der Waals surface area contributed by atoms with Gasteiger partial charge in [0.2, 0.25) is 0 Å². The minimum absolute atomic E-state index is 0.468. The normalized spacial score (nSPS) is 12.4. The van der Waals surface area contributed by atoms with Crippen molar-refractivity contribution in [1.29, 1.82) is 0 Å². The molecule has 0 aliphatic heterocycles. The van der Waals surface area contributed by atoms with Crippen LogP contribution < -0.4 is 10.5 Å². The van der Waals surface area contributed by atoms with Gasteiger partial charge in [0, 0.05) is 23.1 Å². The molecule has 0 saturated carbocycles. The van der Waals surface area contributed by atoms with E-state index in [1.54, 1.807) is 24.5 Å². The van der Waals surface area contributed by atoms with Gasteiger partial charge in [-0.15, -0.1) is 11.3 Å². The molecule has 1 aromatic carbocycles. The Morgan fingerprint density at radius 3 is 2.89 bits per heavy atom. The Hall–Kier alpha value is -1.59. The molecule has 0 amide bonds. The third kappa shape index (κ3) is 2.63. The molecule has 3 N–H and O–H groups in total. The van der Waals surface area contributed by atoms with Gasteiger partial charge in [0.05, 0.1) is 23.9 Å². The number of aliphatic hydroxyl groups excluding tert-OH is 1. The van der Waals surface area contributed by atoms with E-state index in [0.717, 1.165) is 10.7 Å². The molecular weight excluding hydrogens is 248 g/mol. The van der Waals surface area contributed by atoms with Crippen molar-refractivity contribution in [3.8, 4) is 5.75 Å². The first-order valence-corrected chi connectivity index (χ1v) is 6.51. The number of nitrogens with zero attached hydrogens (tertiary/aromatic N) is 1. The minimum Gasteiger partial charge on any atom is -0.495 e. The van der Waals surface area contributed by atoms with E-state index in [9.17, 15) is 5.11 Å². The van der Waals surface area contributed by atoms with Crippen LogP contribution in [0.25, 0.3) is 0 Å². The molecule has 2 aromatic rings. The van der Waals surface area contributed by atoms with Gasteiger partial charge < -0.3 is 15.6 Å². The van der Waals surface area contributed by atoms with Crippen LogP contribution in [-0.2, 0) is 6.42 Å². The fraction of sp³-hybridized carbons (Fsp3) is 0.308. The number of nitrogens with two attached hydrogens (primary N) is 1. The zero-order valence-electron chi connectivity index (χ0n) is 10.4. The van der Waals surface area contributed by atoms with Crippen molar-refractivity contribution in [2.24, 2.45) is 0 Å². The van der Waals surface area contributed by atoms with Gasteiger partial charge in [-0.3, -0.25) is 0 Å². The Kier molecular flexibility index (Phi) is 3.84. The molecule has 2 rings (SSSR count). The number of aromatic nitrogens is 1. The number of thiazole rings is 1. The highest BCUT2D eigenvalue weighted by atomic mass is 32.1. The highest BCUT2D eigenvalue weighted by Crippen LogP contribution is 2.31. The summed E-state index contributed by atoms with van der Waals surface area (Å²) in [7, 11) is 1.56. The number of anilines is 1. The molecule has 18 heavy (non-hydrogen) atoms. The van der Waals surface area contributed by atoms with Crippen LogP contribution in [0.5, 0.6) is 5.75 Å². The van der Waals surface area contributed by atoms with Crippen LogP contribution in [-0.4, -0.2) is 17.2 Å². The van der Waals surface area contributed by atoms with E-state index in [2.05, 4.69) is 4.98 Å². The van der Waals surface area contributed by atoms with Gasteiger partial charge in [-0.05, 0) is 13.0 Å². The lowest BCUT2D eigenvalue weighted by atomic mass is 10.0. The van der Waals surface area contributed by atoms with E-state index in [4.69, 9.17) is 10.5 Å². The molecule has 0 spiro atoms. The second-order valence-corrected chi connectivity index (χ2v) is 5.01. The molecule has 0 bridgehead atoms. The quantitative estimate of drug-likeness (QED) is 0.832. The Labute approximate surface area is 110 Å². The number of nitrogen functional groups attached to an aromatic ring is 1. The largest absolute Gasteiger partial charge is 0.495 e. The standard InChI is InChI=1S/C13H16N2O2S/c1-8-7-18-12(15-8)6-10(16)9-4-3-5-11(17-2)13(9)14/h3-5,7,10,16H,6,14H2,1-2H3. The highest BCUT2D eigenvalue weighted by molar-refractivity contribution is 7.09. The smallest absolute Gasteiger partial charge is 0.142 e. The maximum absolute atomic E-state index is 10.2. The molecule has 0 aliphatic rings. The molecule has 4 nitrogen and oxygen atoms in total. The average Bonchev–Trinajstić information content (AvgIpc) is 2.75. The SMILES string of the molecule is COc1cccc(C(O)Cc2nc(C)cs2)c1N. The summed E-state index contributed by atoms with van der Waals surface area (Å²) in [6, 6.07) is 5.41. The van der Waals surface area contributed by atoms with Gasteiger partial charge in [-0.2, -0.15) is 0 Å². The van der Waals surface area contributed by atoms with Crippen LogP contribution in [0.2, 0.25) is 0 Å². The number of rotatable bonds is 4. The van der Waals surface area contributed by atoms with E-state index in [0.29, 0.717) is 23.4 Å². The Morgan fingerprint density at radius 1 is 1.50 bits per heavy atom. The van der Waals surface area contributed by atoms with E-state index < -0.39 is 6.10 Å². The average molecular weight is 264 g/mol. The van der Waals surface area contributed by atoms with E-state index in [-0.39, 0.29) is 0 Å². The molecule has 0 radical (unpaired) electrons. The zero-order chi connectivity index (χ0) is 13.1. The maximum Gasteiger partial charge on any atom is 0.142 e. The fourth-order valence-electron chi connectivity index (χ4n) is 1.80. The number of benzene rings is 1. The molecule has 1 unspecified atom stereocenters. The van der Waals surface area contributed by atoms with Crippen molar-refractivity contribution in [3.05, 3.63) is 39.8 Å². The Morgan fingerprint density at radius 2 is 2.28 bits per heavy atom. The van der Waals surface area contributed by atoms with Gasteiger partial charge in [-0.1, -0.05) is 12.1 Å². The summed E-state index contributed by atoms with van der Waals surface area (Å²) in [5, 5.41) is 13.1. The van der Waals surface area contributed by atoms with E-state index in [1.807, 2.05) is 24.4 Å². The number of hydrogen-bond donors (Lipinski definition) is 2. The molecular formula is C13H16N2O2S. The summed E-state index contributed by atoms with van der Waals surface area (Å²) in [5.41, 5.74) is 8.09. The van der Waals surface area contributed by atoms with Crippen LogP contribution >= 0.6 is 11.3 Å². The van der Waals surface area contributed by atoms with Gasteiger partial charge in [0.15, 0.2) is 0 Å². The summed E-state index contributed by atoms with van der Waals surface area (Å²) in [6.07, 6.45) is -0.193. The third-order valence-electron chi connectivity index (χ3n) is 2.71.